The standard InChI is InChI=1S/C17H17FO3/c1-10-3-5-14(18)12(7-10)17-9-15(19)13-8-11(20-2)4-6-16(13)21-17/h3-8,15,17,19H,9H2,1-2H3. The summed E-state index contributed by atoms with van der Waals surface area (Å²) in [6, 6.07) is 10.2. The fourth-order valence-electron chi connectivity index (χ4n) is 2.65. The lowest BCUT2D eigenvalue weighted by atomic mass is 9.94. The van der Waals surface area contributed by atoms with E-state index in [1.165, 1.54) is 6.07 Å². The van der Waals surface area contributed by atoms with E-state index in [1.807, 2.05) is 6.92 Å². The van der Waals surface area contributed by atoms with Gasteiger partial charge in [-0.2, -0.15) is 0 Å². The van der Waals surface area contributed by atoms with E-state index < -0.39 is 12.2 Å². The summed E-state index contributed by atoms with van der Waals surface area (Å²) < 4.78 is 25.0. The van der Waals surface area contributed by atoms with Crippen LogP contribution in [0.15, 0.2) is 36.4 Å². The first-order valence-corrected chi connectivity index (χ1v) is 6.87. The second kappa shape index (κ2) is 5.37. The second-order valence-corrected chi connectivity index (χ2v) is 5.29. The Morgan fingerprint density at radius 1 is 1.19 bits per heavy atom. The molecule has 0 spiro atoms. The number of ether oxygens (including phenoxy) is 2. The molecule has 2 aromatic rings. The maximum atomic E-state index is 14.0. The van der Waals surface area contributed by atoms with E-state index >= 15 is 0 Å². The second-order valence-electron chi connectivity index (χ2n) is 5.29. The van der Waals surface area contributed by atoms with Crippen LogP contribution in [0.5, 0.6) is 11.5 Å². The third-order valence-corrected chi connectivity index (χ3v) is 3.78. The van der Waals surface area contributed by atoms with Crippen molar-refractivity contribution in [2.75, 3.05) is 7.11 Å². The molecule has 0 radical (unpaired) electrons. The molecule has 110 valence electrons. The minimum absolute atomic E-state index is 0.310. The van der Waals surface area contributed by atoms with E-state index in [-0.39, 0.29) is 5.82 Å². The summed E-state index contributed by atoms with van der Waals surface area (Å²) >= 11 is 0. The highest BCUT2D eigenvalue weighted by Gasteiger charge is 2.30. The van der Waals surface area contributed by atoms with Gasteiger partial charge in [-0.05, 0) is 37.3 Å². The first-order valence-electron chi connectivity index (χ1n) is 6.87. The Kier molecular flexibility index (Phi) is 3.55. The topological polar surface area (TPSA) is 38.7 Å². The molecule has 0 saturated heterocycles. The highest BCUT2D eigenvalue weighted by atomic mass is 19.1. The fourth-order valence-corrected chi connectivity index (χ4v) is 2.65. The van der Waals surface area contributed by atoms with Gasteiger partial charge in [0.1, 0.15) is 23.4 Å². The highest BCUT2D eigenvalue weighted by molar-refractivity contribution is 5.44. The molecule has 2 unspecified atom stereocenters. The molecule has 3 nitrogen and oxygen atoms in total. The molecule has 0 saturated carbocycles. The molecule has 2 aromatic carbocycles. The molecule has 4 heteroatoms. The molecule has 0 aliphatic carbocycles. The maximum Gasteiger partial charge on any atom is 0.130 e. The number of halogens is 1. The third-order valence-electron chi connectivity index (χ3n) is 3.78. The number of aliphatic hydroxyl groups is 1. The van der Waals surface area contributed by atoms with E-state index in [4.69, 9.17) is 9.47 Å². The Balaban J connectivity index is 1.96. The van der Waals surface area contributed by atoms with Crippen molar-refractivity contribution in [3.63, 3.8) is 0 Å². The summed E-state index contributed by atoms with van der Waals surface area (Å²) in [5.74, 6) is 0.923. The van der Waals surface area contributed by atoms with Crippen LogP contribution in [0.1, 0.15) is 35.3 Å². The molecular formula is C17H17FO3. The third kappa shape index (κ3) is 2.59. The molecule has 1 aliphatic rings. The summed E-state index contributed by atoms with van der Waals surface area (Å²) in [5, 5.41) is 10.3. The van der Waals surface area contributed by atoms with Crippen LogP contribution in [0, 0.1) is 12.7 Å². The van der Waals surface area contributed by atoms with Gasteiger partial charge in [-0.15, -0.1) is 0 Å². The van der Waals surface area contributed by atoms with Gasteiger partial charge in [0.05, 0.1) is 13.2 Å². The molecule has 1 N–H and O–H groups in total. The van der Waals surface area contributed by atoms with Crippen molar-refractivity contribution in [2.24, 2.45) is 0 Å². The zero-order valence-corrected chi connectivity index (χ0v) is 12.0. The SMILES string of the molecule is COc1ccc2c(c1)C(O)CC(c1cc(C)ccc1F)O2. The van der Waals surface area contributed by atoms with Crippen LogP contribution in [-0.4, -0.2) is 12.2 Å². The van der Waals surface area contributed by atoms with Crippen molar-refractivity contribution in [2.45, 2.75) is 25.6 Å². The molecule has 0 amide bonds. The molecule has 0 bridgehead atoms. The van der Waals surface area contributed by atoms with Crippen molar-refractivity contribution < 1.29 is 19.0 Å². The largest absolute Gasteiger partial charge is 0.497 e. The van der Waals surface area contributed by atoms with Gasteiger partial charge in [-0.25, -0.2) is 4.39 Å². The average Bonchev–Trinajstić information content (AvgIpc) is 2.49. The quantitative estimate of drug-likeness (QED) is 0.915. The summed E-state index contributed by atoms with van der Waals surface area (Å²) in [7, 11) is 1.57. The van der Waals surface area contributed by atoms with Gasteiger partial charge in [0.25, 0.3) is 0 Å². The van der Waals surface area contributed by atoms with Crippen LogP contribution in [0.4, 0.5) is 4.39 Å². The zero-order valence-electron chi connectivity index (χ0n) is 12.0. The summed E-state index contributed by atoms with van der Waals surface area (Å²) in [6.07, 6.45) is -0.866. The van der Waals surface area contributed by atoms with Crippen LogP contribution >= 0.6 is 0 Å². The molecule has 1 aliphatic heterocycles. The van der Waals surface area contributed by atoms with Gasteiger partial charge in [-0.1, -0.05) is 11.6 Å². The van der Waals surface area contributed by atoms with Crippen LogP contribution in [0.25, 0.3) is 0 Å². The first-order chi connectivity index (χ1) is 10.1. The summed E-state index contributed by atoms with van der Waals surface area (Å²) in [4.78, 5) is 0. The van der Waals surface area contributed by atoms with E-state index in [9.17, 15) is 9.50 Å². The minimum atomic E-state index is -0.700. The predicted octanol–water partition coefficient (Wildman–Crippen LogP) is 3.70. The summed E-state index contributed by atoms with van der Waals surface area (Å²) in [6.45, 7) is 1.90. The fraction of sp³-hybridized carbons (Fsp3) is 0.294. The van der Waals surface area contributed by atoms with Crippen molar-refractivity contribution in [1.82, 2.24) is 0 Å². The number of aliphatic hydroxyl groups excluding tert-OH is 1. The first kappa shape index (κ1) is 13.9. The van der Waals surface area contributed by atoms with E-state index in [2.05, 4.69) is 0 Å². The van der Waals surface area contributed by atoms with Crippen LogP contribution in [0.3, 0.4) is 0 Å². The molecule has 0 aromatic heterocycles. The molecule has 2 atom stereocenters. The Hall–Kier alpha value is -2.07. The van der Waals surface area contributed by atoms with Gasteiger partial charge in [0.2, 0.25) is 0 Å². The normalized spacial score (nSPS) is 20.6. The van der Waals surface area contributed by atoms with Crippen molar-refractivity contribution >= 4 is 0 Å². The number of aryl methyl sites for hydroxylation is 1. The molecule has 1 heterocycles. The lowest BCUT2D eigenvalue weighted by Gasteiger charge is -2.30. The maximum absolute atomic E-state index is 14.0. The average molecular weight is 288 g/mol. The molecule has 21 heavy (non-hydrogen) atoms. The van der Waals surface area contributed by atoms with Crippen molar-refractivity contribution in [3.05, 3.63) is 58.9 Å². The molecule has 0 fully saturated rings. The van der Waals surface area contributed by atoms with E-state index in [1.54, 1.807) is 37.4 Å². The highest BCUT2D eigenvalue weighted by Crippen LogP contribution is 2.42. The lowest BCUT2D eigenvalue weighted by Crippen LogP contribution is -2.20. The number of hydrogen-bond acceptors (Lipinski definition) is 3. The monoisotopic (exact) mass is 288 g/mol. The lowest BCUT2D eigenvalue weighted by molar-refractivity contribution is 0.0637. The number of benzene rings is 2. The van der Waals surface area contributed by atoms with E-state index in [0.717, 1.165) is 5.56 Å². The van der Waals surface area contributed by atoms with Crippen LogP contribution in [0.2, 0.25) is 0 Å². The van der Waals surface area contributed by atoms with Gasteiger partial charge in [0, 0.05) is 17.5 Å². The van der Waals surface area contributed by atoms with E-state index in [0.29, 0.717) is 29.0 Å². The van der Waals surface area contributed by atoms with Crippen molar-refractivity contribution in [3.8, 4) is 11.5 Å². The molecule has 3 rings (SSSR count). The number of rotatable bonds is 2. The van der Waals surface area contributed by atoms with Gasteiger partial charge < -0.3 is 14.6 Å². The number of hydrogen-bond donors (Lipinski definition) is 1. The van der Waals surface area contributed by atoms with Gasteiger partial charge in [-0.3, -0.25) is 0 Å². The smallest absolute Gasteiger partial charge is 0.130 e. The van der Waals surface area contributed by atoms with Crippen LogP contribution < -0.4 is 9.47 Å². The van der Waals surface area contributed by atoms with Gasteiger partial charge >= 0.3 is 0 Å². The Labute approximate surface area is 122 Å². The van der Waals surface area contributed by atoms with Gasteiger partial charge in [0.15, 0.2) is 0 Å². The molecular weight excluding hydrogens is 271 g/mol. The minimum Gasteiger partial charge on any atom is -0.497 e. The van der Waals surface area contributed by atoms with Crippen LogP contribution in [-0.2, 0) is 0 Å². The van der Waals surface area contributed by atoms with Crippen molar-refractivity contribution in [1.29, 1.82) is 0 Å². The number of fused-ring (bicyclic) bond motifs is 1. The Morgan fingerprint density at radius 2 is 2.00 bits per heavy atom. The predicted molar refractivity (Wildman–Crippen MR) is 77.1 cm³/mol. The summed E-state index contributed by atoms with van der Waals surface area (Å²) in [5.41, 5.74) is 2.12. The Morgan fingerprint density at radius 3 is 2.76 bits per heavy atom. The number of methoxy groups -OCH3 is 1. The zero-order chi connectivity index (χ0) is 15.0. The Bertz CT molecular complexity index is 669.